The van der Waals surface area contributed by atoms with Gasteiger partial charge in [-0.1, -0.05) is 136 Å². The molecule has 0 nitrogen and oxygen atoms in total. The predicted molar refractivity (Wildman–Crippen MR) is 179 cm³/mol. The third-order valence-corrected chi connectivity index (χ3v) is 7.66. The van der Waals surface area contributed by atoms with Crippen molar-refractivity contribution in [2.75, 3.05) is 0 Å². The Morgan fingerprint density at radius 2 is 1.30 bits per heavy atom. The van der Waals surface area contributed by atoms with Crippen LogP contribution in [0.4, 0.5) is 0 Å². The average Bonchev–Trinajstić information content (AvgIpc) is 3.00. The minimum absolute atomic E-state index is 0. The van der Waals surface area contributed by atoms with Gasteiger partial charge >= 0.3 is 0 Å². The van der Waals surface area contributed by atoms with E-state index >= 15 is 0 Å². The van der Waals surface area contributed by atoms with Gasteiger partial charge in [-0.05, 0) is 90.0 Å². The van der Waals surface area contributed by atoms with Crippen LogP contribution in [0.5, 0.6) is 0 Å². The van der Waals surface area contributed by atoms with Crippen molar-refractivity contribution in [2.45, 2.75) is 28.2 Å². The summed E-state index contributed by atoms with van der Waals surface area (Å²) in [6.45, 7) is 2.18. The van der Waals surface area contributed by atoms with E-state index in [0.717, 1.165) is 6.42 Å². The zero-order valence-corrected chi connectivity index (χ0v) is 21.5. The van der Waals surface area contributed by atoms with Gasteiger partial charge in [0.05, 0.1) is 0 Å². The van der Waals surface area contributed by atoms with E-state index in [1.807, 2.05) is 0 Å². The fraction of sp³-hybridized carbons (Fsp3) is 0.100. The fourth-order valence-corrected chi connectivity index (χ4v) is 5.97. The van der Waals surface area contributed by atoms with E-state index in [9.17, 15) is 0 Å². The molecule has 0 N–H and O–H groups in total. The molecule has 6 aromatic carbocycles. The van der Waals surface area contributed by atoms with Crippen LogP contribution in [0.2, 0.25) is 0 Å². The first-order valence-corrected chi connectivity index (χ1v) is 13.0. The lowest BCUT2D eigenvalue weighted by molar-refractivity contribution is 1.24. The number of hydrogen-bond donors (Lipinski definition) is 0. The van der Waals surface area contributed by atoms with Crippen molar-refractivity contribution < 1.29 is 0 Å². The van der Waals surface area contributed by atoms with E-state index in [2.05, 4.69) is 147 Å². The average molecular weight is 517 g/mol. The van der Waals surface area contributed by atoms with E-state index in [1.165, 1.54) is 70.6 Å². The largest absolute Gasteiger partial charge is 0.124 e. The Balaban J connectivity index is 0.000000905. The Hall–Kier alpha value is -4.86. The molecule has 6 aromatic rings. The zero-order valence-electron chi connectivity index (χ0n) is 21.5. The molecule has 0 amide bonds. The SMILES string of the molecule is C.C.C#C.C/C=c1/c(-c2cccc3ccccc23)ccc2ccc3c(c12)CC=CC=3c1ccc2ccccc2c1. The second-order valence-corrected chi connectivity index (χ2v) is 9.61. The monoisotopic (exact) mass is 516 g/mol. The first-order chi connectivity index (χ1) is 18.8. The molecule has 0 atom stereocenters. The minimum atomic E-state index is 0. The van der Waals surface area contributed by atoms with E-state index in [1.54, 1.807) is 0 Å². The maximum atomic E-state index is 4.00. The summed E-state index contributed by atoms with van der Waals surface area (Å²) in [5.74, 6) is 0. The number of allylic oxidation sites excluding steroid dienone is 2. The molecule has 0 bridgehead atoms. The highest BCUT2D eigenvalue weighted by molar-refractivity contribution is 6.01. The quantitative estimate of drug-likeness (QED) is 0.201. The smallest absolute Gasteiger partial charge is 0.00670 e. The van der Waals surface area contributed by atoms with Crippen LogP contribution in [0.25, 0.3) is 55.1 Å². The van der Waals surface area contributed by atoms with Gasteiger partial charge in [0.2, 0.25) is 0 Å². The van der Waals surface area contributed by atoms with Crippen molar-refractivity contribution >= 4 is 44.0 Å². The van der Waals surface area contributed by atoms with Gasteiger partial charge in [0, 0.05) is 0 Å². The molecular weight excluding hydrogens is 480 g/mol. The molecule has 40 heavy (non-hydrogen) atoms. The van der Waals surface area contributed by atoms with Crippen LogP contribution in [0.15, 0.2) is 121 Å². The van der Waals surface area contributed by atoms with Crippen LogP contribution in [-0.4, -0.2) is 0 Å². The van der Waals surface area contributed by atoms with Crippen LogP contribution >= 0.6 is 0 Å². The Kier molecular flexibility index (Phi) is 8.37. The van der Waals surface area contributed by atoms with Gasteiger partial charge in [-0.25, -0.2) is 0 Å². The normalized spacial score (nSPS) is 12.3. The lowest BCUT2D eigenvalue weighted by atomic mass is 9.87. The molecule has 0 heterocycles. The summed E-state index contributed by atoms with van der Waals surface area (Å²) in [6, 6.07) is 40.0. The maximum Gasteiger partial charge on any atom is -0.00670 e. The van der Waals surface area contributed by atoms with Crippen LogP contribution in [-0.2, 0) is 6.42 Å². The molecule has 0 aliphatic heterocycles. The Labute approximate surface area is 238 Å². The lowest BCUT2D eigenvalue weighted by Crippen LogP contribution is -2.20. The third kappa shape index (κ3) is 4.61. The lowest BCUT2D eigenvalue weighted by Gasteiger charge is -2.17. The van der Waals surface area contributed by atoms with Crippen molar-refractivity contribution in [1.29, 1.82) is 0 Å². The van der Waals surface area contributed by atoms with Gasteiger partial charge < -0.3 is 0 Å². The van der Waals surface area contributed by atoms with E-state index < -0.39 is 0 Å². The standard InChI is InChI=1S/C36H26.C2H2.2CH4/c1-2-29-33(32-15-7-12-25-10-5-6-13-30(25)32)21-19-26-20-22-34-31(14-8-16-35(34)36(26)29)28-18-17-24-9-3-4-11-27(24)23-28;1-2;;/h2-15,17-23H,16H2,1H3;1-2H;2*1H4/b29-2-;;;. The Morgan fingerprint density at radius 1 is 0.625 bits per heavy atom. The molecule has 0 unspecified atom stereocenters. The third-order valence-electron chi connectivity index (χ3n) is 7.66. The molecule has 1 aliphatic carbocycles. The van der Waals surface area contributed by atoms with Gasteiger partial charge in [-0.2, -0.15) is 0 Å². The van der Waals surface area contributed by atoms with Gasteiger partial charge in [0.15, 0.2) is 0 Å². The van der Waals surface area contributed by atoms with E-state index in [4.69, 9.17) is 0 Å². The highest BCUT2D eigenvalue weighted by Crippen LogP contribution is 2.30. The van der Waals surface area contributed by atoms with Gasteiger partial charge in [0.25, 0.3) is 0 Å². The van der Waals surface area contributed by atoms with Crippen molar-refractivity contribution in [1.82, 2.24) is 0 Å². The molecule has 0 spiro atoms. The molecule has 0 heteroatoms. The minimum Gasteiger partial charge on any atom is -0.124 e. The number of benzene rings is 6. The number of rotatable bonds is 2. The first kappa shape index (κ1) is 28.2. The predicted octanol–water partition coefficient (Wildman–Crippen LogP) is 9.45. The second kappa shape index (κ2) is 11.9. The molecule has 196 valence electrons. The van der Waals surface area contributed by atoms with Crippen LogP contribution in [0.3, 0.4) is 0 Å². The molecule has 7 rings (SSSR count). The topological polar surface area (TPSA) is 0 Å². The fourth-order valence-electron chi connectivity index (χ4n) is 5.97. The molecule has 1 aliphatic rings. The number of hydrogen-bond acceptors (Lipinski definition) is 0. The zero-order chi connectivity index (χ0) is 26.1. The summed E-state index contributed by atoms with van der Waals surface area (Å²) >= 11 is 0. The summed E-state index contributed by atoms with van der Waals surface area (Å²) in [5, 5.41) is 10.5. The molecule has 0 saturated heterocycles. The van der Waals surface area contributed by atoms with Crippen molar-refractivity contribution in [3.63, 3.8) is 0 Å². The van der Waals surface area contributed by atoms with Crippen molar-refractivity contribution in [3.8, 4) is 24.0 Å². The van der Waals surface area contributed by atoms with Crippen molar-refractivity contribution in [3.05, 3.63) is 143 Å². The molecule has 0 radical (unpaired) electrons. The highest BCUT2D eigenvalue weighted by atomic mass is 14.2. The second-order valence-electron chi connectivity index (χ2n) is 9.61. The molecule has 0 saturated carbocycles. The molecule has 0 aromatic heterocycles. The summed E-state index contributed by atoms with van der Waals surface area (Å²) in [6.07, 6.45) is 15.9. The molecular formula is C40H36. The van der Waals surface area contributed by atoms with Crippen molar-refractivity contribution in [2.24, 2.45) is 0 Å². The number of terminal acetylenes is 1. The molecule has 0 fully saturated rings. The van der Waals surface area contributed by atoms with Gasteiger partial charge in [-0.15, -0.1) is 12.8 Å². The van der Waals surface area contributed by atoms with Crippen LogP contribution in [0, 0.1) is 12.8 Å². The van der Waals surface area contributed by atoms with Crippen LogP contribution in [0.1, 0.15) is 32.9 Å². The first-order valence-electron chi connectivity index (χ1n) is 13.0. The Morgan fingerprint density at radius 3 is 2.10 bits per heavy atom. The maximum absolute atomic E-state index is 4.00. The van der Waals surface area contributed by atoms with Crippen LogP contribution < -0.4 is 10.4 Å². The highest BCUT2D eigenvalue weighted by Gasteiger charge is 2.14. The summed E-state index contributed by atoms with van der Waals surface area (Å²) in [4.78, 5) is 0. The van der Waals surface area contributed by atoms with E-state index in [0.29, 0.717) is 0 Å². The summed E-state index contributed by atoms with van der Waals surface area (Å²) in [5.41, 5.74) is 6.61. The van der Waals surface area contributed by atoms with Gasteiger partial charge in [0.1, 0.15) is 0 Å². The Bertz CT molecular complexity index is 2010. The summed E-state index contributed by atoms with van der Waals surface area (Å²) in [7, 11) is 0. The van der Waals surface area contributed by atoms with Gasteiger partial charge in [-0.3, -0.25) is 0 Å². The summed E-state index contributed by atoms with van der Waals surface area (Å²) < 4.78 is 0. The van der Waals surface area contributed by atoms with E-state index in [-0.39, 0.29) is 14.9 Å². The number of fused-ring (bicyclic) bond motifs is 5.